The summed E-state index contributed by atoms with van der Waals surface area (Å²) in [5.41, 5.74) is -0.694. The Labute approximate surface area is 111 Å². The number of hydrogen-bond donors (Lipinski definition) is 1. The molecule has 2 heterocycles. The van der Waals surface area contributed by atoms with Crippen molar-refractivity contribution in [2.45, 2.75) is 38.5 Å². The Morgan fingerprint density at radius 1 is 1.72 bits per heavy atom. The summed E-state index contributed by atoms with van der Waals surface area (Å²) in [7, 11) is 0. The average Bonchev–Trinajstić information content (AvgIpc) is 2.97. The van der Waals surface area contributed by atoms with Gasteiger partial charge in [0.25, 0.3) is 0 Å². The maximum absolute atomic E-state index is 12.2. The molecule has 1 aliphatic heterocycles. The highest BCUT2D eigenvalue weighted by Gasteiger charge is 2.49. The van der Waals surface area contributed by atoms with Crippen LogP contribution in [-0.2, 0) is 20.8 Å². The molecule has 0 aromatic carbocycles. The zero-order chi connectivity index (χ0) is 13.0. The fourth-order valence-electron chi connectivity index (χ4n) is 2.23. The summed E-state index contributed by atoms with van der Waals surface area (Å²) in [5, 5.41) is 5.37. The Hall–Kier alpha value is -0.910. The van der Waals surface area contributed by atoms with Crippen molar-refractivity contribution in [1.82, 2.24) is 5.32 Å². The van der Waals surface area contributed by atoms with Gasteiger partial charge in [-0.25, -0.2) is 4.79 Å². The lowest BCUT2D eigenvalue weighted by atomic mass is 9.92. The van der Waals surface area contributed by atoms with E-state index in [0.29, 0.717) is 26.2 Å². The van der Waals surface area contributed by atoms with E-state index in [1.54, 1.807) is 11.3 Å². The number of thiophene rings is 1. The molecule has 2 atom stereocenters. The Morgan fingerprint density at radius 2 is 2.56 bits per heavy atom. The molecule has 2 unspecified atom stereocenters. The van der Waals surface area contributed by atoms with Gasteiger partial charge in [0.05, 0.1) is 12.7 Å². The summed E-state index contributed by atoms with van der Waals surface area (Å²) >= 11 is 1.68. The van der Waals surface area contributed by atoms with E-state index in [9.17, 15) is 4.79 Å². The van der Waals surface area contributed by atoms with Gasteiger partial charge in [0.15, 0.2) is 0 Å². The van der Waals surface area contributed by atoms with E-state index < -0.39 is 5.54 Å². The van der Waals surface area contributed by atoms with E-state index in [0.717, 1.165) is 0 Å². The van der Waals surface area contributed by atoms with E-state index in [1.807, 2.05) is 25.3 Å². The van der Waals surface area contributed by atoms with Crippen LogP contribution in [0.15, 0.2) is 17.5 Å². The van der Waals surface area contributed by atoms with Crippen LogP contribution in [0.25, 0.3) is 0 Å². The summed E-state index contributed by atoms with van der Waals surface area (Å²) < 4.78 is 10.7. The zero-order valence-electron chi connectivity index (χ0n) is 10.8. The predicted molar refractivity (Wildman–Crippen MR) is 70.6 cm³/mol. The first kappa shape index (κ1) is 13.5. The van der Waals surface area contributed by atoms with Gasteiger partial charge >= 0.3 is 5.97 Å². The quantitative estimate of drug-likeness (QED) is 0.830. The summed E-state index contributed by atoms with van der Waals surface area (Å²) in [6.45, 7) is 5.41. The predicted octanol–water partition coefficient (Wildman–Crippen LogP) is 1.95. The number of carbonyl (C=O) groups is 1. The van der Waals surface area contributed by atoms with E-state index in [4.69, 9.17) is 9.47 Å². The second kappa shape index (κ2) is 5.82. The highest BCUT2D eigenvalue weighted by Crippen LogP contribution is 2.28. The van der Waals surface area contributed by atoms with E-state index in [1.165, 1.54) is 4.88 Å². The van der Waals surface area contributed by atoms with Crippen LogP contribution in [0.2, 0.25) is 0 Å². The van der Waals surface area contributed by atoms with E-state index >= 15 is 0 Å². The molecule has 4 nitrogen and oxygen atoms in total. The topological polar surface area (TPSA) is 47.6 Å². The summed E-state index contributed by atoms with van der Waals surface area (Å²) in [6, 6.07) is 4.06. The van der Waals surface area contributed by atoms with Gasteiger partial charge < -0.3 is 9.47 Å². The van der Waals surface area contributed by atoms with Crippen molar-refractivity contribution >= 4 is 17.3 Å². The monoisotopic (exact) mass is 269 g/mol. The van der Waals surface area contributed by atoms with Gasteiger partial charge in [-0.1, -0.05) is 6.07 Å². The third-order valence-corrected chi connectivity index (χ3v) is 4.23. The van der Waals surface area contributed by atoms with Crippen molar-refractivity contribution in [1.29, 1.82) is 0 Å². The SMILES string of the molecule is CCOC(=O)C1(NCc2cccs2)CCOC1C. The fraction of sp³-hybridized carbons (Fsp3) is 0.615. The summed E-state index contributed by atoms with van der Waals surface area (Å²) in [4.78, 5) is 13.4. The molecule has 0 aliphatic carbocycles. The second-order valence-corrected chi connectivity index (χ2v) is 5.42. The lowest BCUT2D eigenvalue weighted by Gasteiger charge is -2.30. The van der Waals surface area contributed by atoms with Crippen molar-refractivity contribution in [2.24, 2.45) is 0 Å². The number of rotatable bonds is 5. The largest absolute Gasteiger partial charge is 0.465 e. The minimum absolute atomic E-state index is 0.156. The van der Waals surface area contributed by atoms with Crippen molar-refractivity contribution in [3.8, 4) is 0 Å². The average molecular weight is 269 g/mol. The Kier molecular flexibility index (Phi) is 4.37. The van der Waals surface area contributed by atoms with Gasteiger partial charge in [0.2, 0.25) is 0 Å². The molecule has 1 saturated heterocycles. The van der Waals surface area contributed by atoms with E-state index in [2.05, 4.69) is 11.4 Å². The highest BCUT2D eigenvalue weighted by atomic mass is 32.1. The van der Waals surface area contributed by atoms with Gasteiger partial charge in [-0.15, -0.1) is 11.3 Å². The van der Waals surface area contributed by atoms with Gasteiger partial charge in [0.1, 0.15) is 5.54 Å². The van der Waals surface area contributed by atoms with Gasteiger partial charge in [0, 0.05) is 24.4 Å². The van der Waals surface area contributed by atoms with Gasteiger partial charge in [-0.05, 0) is 25.3 Å². The molecule has 1 aliphatic rings. The van der Waals surface area contributed by atoms with Crippen LogP contribution in [0.3, 0.4) is 0 Å². The molecule has 5 heteroatoms. The molecular weight excluding hydrogens is 250 g/mol. The van der Waals surface area contributed by atoms with Crippen LogP contribution in [0.1, 0.15) is 25.1 Å². The molecule has 18 heavy (non-hydrogen) atoms. The van der Waals surface area contributed by atoms with Crippen molar-refractivity contribution in [3.05, 3.63) is 22.4 Å². The van der Waals surface area contributed by atoms with Crippen LogP contribution < -0.4 is 5.32 Å². The summed E-state index contributed by atoms with van der Waals surface area (Å²) in [5.74, 6) is -0.202. The smallest absolute Gasteiger partial charge is 0.329 e. The lowest BCUT2D eigenvalue weighted by Crippen LogP contribution is -2.57. The molecular formula is C13H19NO3S. The zero-order valence-corrected chi connectivity index (χ0v) is 11.6. The first-order valence-corrected chi connectivity index (χ1v) is 7.13. The molecule has 1 aromatic heterocycles. The van der Waals surface area contributed by atoms with Crippen LogP contribution in [0, 0.1) is 0 Å². The highest BCUT2D eigenvalue weighted by molar-refractivity contribution is 7.09. The number of nitrogens with one attached hydrogen (secondary N) is 1. The van der Waals surface area contributed by atoms with E-state index in [-0.39, 0.29) is 12.1 Å². The number of esters is 1. The van der Waals surface area contributed by atoms with Gasteiger partial charge in [-0.2, -0.15) is 0 Å². The number of hydrogen-bond acceptors (Lipinski definition) is 5. The maximum Gasteiger partial charge on any atom is 0.329 e. The normalized spacial score (nSPS) is 27.3. The van der Waals surface area contributed by atoms with Crippen LogP contribution in [0.5, 0.6) is 0 Å². The molecule has 100 valence electrons. The fourth-order valence-corrected chi connectivity index (χ4v) is 2.88. The third kappa shape index (κ3) is 2.58. The molecule has 2 rings (SSSR count). The number of carbonyl (C=O) groups excluding carboxylic acids is 1. The molecule has 0 spiro atoms. The molecule has 1 aromatic rings. The molecule has 1 fully saturated rings. The Morgan fingerprint density at radius 3 is 3.11 bits per heavy atom. The first-order chi connectivity index (χ1) is 8.69. The standard InChI is InChI=1S/C13H19NO3S/c1-3-16-12(15)13(6-7-17-10(13)2)14-9-11-5-4-8-18-11/h4-5,8,10,14H,3,6-7,9H2,1-2H3. The van der Waals surface area contributed by atoms with Gasteiger partial charge in [-0.3, -0.25) is 5.32 Å². The first-order valence-electron chi connectivity index (χ1n) is 6.25. The molecule has 1 N–H and O–H groups in total. The molecule has 0 saturated carbocycles. The minimum Gasteiger partial charge on any atom is -0.465 e. The lowest BCUT2D eigenvalue weighted by molar-refractivity contribution is -0.153. The minimum atomic E-state index is -0.694. The third-order valence-electron chi connectivity index (χ3n) is 3.36. The van der Waals surface area contributed by atoms with Crippen LogP contribution in [-0.4, -0.2) is 30.8 Å². The Bertz CT molecular complexity index is 393. The van der Waals surface area contributed by atoms with Crippen LogP contribution in [0.4, 0.5) is 0 Å². The van der Waals surface area contributed by atoms with Crippen LogP contribution >= 0.6 is 11.3 Å². The van der Waals surface area contributed by atoms with Crippen molar-refractivity contribution in [3.63, 3.8) is 0 Å². The number of ether oxygens (including phenoxy) is 2. The van der Waals surface area contributed by atoms with Crippen molar-refractivity contribution < 1.29 is 14.3 Å². The molecule has 0 bridgehead atoms. The second-order valence-electron chi connectivity index (χ2n) is 4.39. The molecule has 0 amide bonds. The molecule has 0 radical (unpaired) electrons. The summed E-state index contributed by atoms with van der Waals surface area (Å²) in [6.07, 6.45) is 0.509. The Balaban J connectivity index is 2.07. The van der Waals surface area contributed by atoms with Crippen molar-refractivity contribution in [2.75, 3.05) is 13.2 Å². The maximum atomic E-state index is 12.2.